The predicted molar refractivity (Wildman–Crippen MR) is 69.5 cm³/mol. The molecule has 1 N–H and O–H groups in total. The molecule has 2 heteroatoms. The molecule has 16 heavy (non-hydrogen) atoms. The van der Waals surface area contributed by atoms with Crippen molar-refractivity contribution in [1.29, 1.82) is 0 Å². The highest BCUT2D eigenvalue weighted by Gasteiger charge is 2.21. The van der Waals surface area contributed by atoms with Gasteiger partial charge >= 0.3 is 0 Å². The first-order chi connectivity index (χ1) is 7.26. The van der Waals surface area contributed by atoms with E-state index in [0.29, 0.717) is 17.3 Å². The van der Waals surface area contributed by atoms with Crippen LogP contribution in [0.4, 0.5) is 0 Å². The molecule has 0 amide bonds. The third-order valence-electron chi connectivity index (χ3n) is 3.04. The monoisotopic (exact) mass is 230 g/mol. The van der Waals surface area contributed by atoms with Crippen molar-refractivity contribution in [2.24, 2.45) is 17.3 Å². The average molecular weight is 230 g/mol. The van der Waals surface area contributed by atoms with Gasteiger partial charge in [0.25, 0.3) is 0 Å². The summed E-state index contributed by atoms with van der Waals surface area (Å²) in [6.07, 6.45) is 2.83. The lowest BCUT2D eigenvalue weighted by Gasteiger charge is -2.27. The van der Waals surface area contributed by atoms with Gasteiger partial charge in [0.15, 0.2) is 0 Å². The summed E-state index contributed by atoms with van der Waals surface area (Å²) in [7, 11) is 1.71. The Balaban J connectivity index is 3.89. The van der Waals surface area contributed by atoms with Gasteiger partial charge in [-0.15, -0.1) is 0 Å². The van der Waals surface area contributed by atoms with Crippen LogP contribution in [0.3, 0.4) is 0 Å². The Bertz CT molecular complexity index is 172. The fraction of sp³-hybridized carbons (Fsp3) is 1.00. The Morgan fingerprint density at radius 2 is 1.75 bits per heavy atom. The maximum absolute atomic E-state index is 10.1. The van der Waals surface area contributed by atoms with Gasteiger partial charge in [0.05, 0.1) is 6.10 Å². The van der Waals surface area contributed by atoms with Crippen molar-refractivity contribution < 1.29 is 9.84 Å². The molecule has 0 radical (unpaired) electrons. The molecule has 3 atom stereocenters. The van der Waals surface area contributed by atoms with Gasteiger partial charge in [0.1, 0.15) is 0 Å². The van der Waals surface area contributed by atoms with Crippen molar-refractivity contribution in [3.05, 3.63) is 0 Å². The van der Waals surface area contributed by atoms with Crippen LogP contribution in [0, 0.1) is 17.3 Å². The molecule has 0 saturated carbocycles. The van der Waals surface area contributed by atoms with Crippen LogP contribution in [0.5, 0.6) is 0 Å². The van der Waals surface area contributed by atoms with Crippen molar-refractivity contribution in [1.82, 2.24) is 0 Å². The molecule has 98 valence electrons. The van der Waals surface area contributed by atoms with Crippen LogP contribution in [0.2, 0.25) is 0 Å². The maximum Gasteiger partial charge on any atom is 0.0569 e. The lowest BCUT2D eigenvalue weighted by Crippen LogP contribution is -2.23. The van der Waals surface area contributed by atoms with E-state index in [4.69, 9.17) is 4.74 Å². The molecule has 0 aliphatic rings. The molecular weight excluding hydrogens is 200 g/mol. The van der Waals surface area contributed by atoms with Crippen LogP contribution in [0.1, 0.15) is 53.9 Å². The van der Waals surface area contributed by atoms with E-state index >= 15 is 0 Å². The topological polar surface area (TPSA) is 29.5 Å². The van der Waals surface area contributed by atoms with E-state index in [1.165, 1.54) is 6.42 Å². The third kappa shape index (κ3) is 8.12. The fourth-order valence-corrected chi connectivity index (χ4v) is 2.27. The second-order valence-corrected chi connectivity index (χ2v) is 6.43. The average Bonchev–Trinajstić information content (AvgIpc) is 2.10. The van der Waals surface area contributed by atoms with Gasteiger partial charge in [0, 0.05) is 13.7 Å². The molecule has 0 heterocycles. The molecule has 2 nitrogen and oxygen atoms in total. The standard InChI is InChI=1S/C14H30O2/c1-11(10-14(3,4)5)9-13(15)12(2)7-8-16-6/h11-13,15H,7-10H2,1-6H3. The highest BCUT2D eigenvalue weighted by molar-refractivity contribution is 4.72. The zero-order valence-electron chi connectivity index (χ0n) is 11.9. The quantitative estimate of drug-likeness (QED) is 0.725. The van der Waals surface area contributed by atoms with Crippen molar-refractivity contribution in [3.63, 3.8) is 0 Å². The number of aliphatic hydroxyl groups excluding tert-OH is 1. The summed E-state index contributed by atoms with van der Waals surface area (Å²) in [6.45, 7) is 11.8. The Morgan fingerprint density at radius 1 is 1.19 bits per heavy atom. The van der Waals surface area contributed by atoms with E-state index in [1.807, 2.05) is 0 Å². The molecular formula is C14H30O2. The SMILES string of the molecule is COCCC(C)C(O)CC(C)CC(C)(C)C. The Kier molecular flexibility index (Phi) is 7.25. The van der Waals surface area contributed by atoms with Crippen LogP contribution < -0.4 is 0 Å². The highest BCUT2D eigenvalue weighted by Crippen LogP contribution is 2.28. The van der Waals surface area contributed by atoms with Crippen LogP contribution in [0.15, 0.2) is 0 Å². The number of hydrogen-bond acceptors (Lipinski definition) is 2. The second kappa shape index (κ2) is 7.29. The van der Waals surface area contributed by atoms with Gasteiger partial charge in [-0.25, -0.2) is 0 Å². The van der Waals surface area contributed by atoms with Crippen LogP contribution in [0.25, 0.3) is 0 Å². The number of methoxy groups -OCH3 is 1. The van der Waals surface area contributed by atoms with E-state index in [2.05, 4.69) is 34.6 Å². The minimum absolute atomic E-state index is 0.188. The molecule has 0 rings (SSSR count). The van der Waals surface area contributed by atoms with Crippen molar-refractivity contribution in [2.45, 2.75) is 60.0 Å². The van der Waals surface area contributed by atoms with E-state index in [0.717, 1.165) is 19.4 Å². The Morgan fingerprint density at radius 3 is 2.19 bits per heavy atom. The van der Waals surface area contributed by atoms with Gasteiger partial charge in [-0.3, -0.25) is 0 Å². The number of hydrogen-bond donors (Lipinski definition) is 1. The first-order valence-corrected chi connectivity index (χ1v) is 6.43. The summed E-state index contributed by atoms with van der Waals surface area (Å²) in [5.41, 5.74) is 0.356. The molecule has 0 spiro atoms. The smallest absolute Gasteiger partial charge is 0.0569 e. The minimum atomic E-state index is -0.188. The molecule has 0 aliphatic carbocycles. The van der Waals surface area contributed by atoms with Crippen LogP contribution >= 0.6 is 0 Å². The lowest BCUT2D eigenvalue weighted by molar-refractivity contribution is 0.0648. The summed E-state index contributed by atoms with van der Waals surface area (Å²) < 4.78 is 5.04. The summed E-state index contributed by atoms with van der Waals surface area (Å²) in [6, 6.07) is 0. The van der Waals surface area contributed by atoms with Gasteiger partial charge in [-0.05, 0) is 36.5 Å². The van der Waals surface area contributed by atoms with E-state index in [-0.39, 0.29) is 6.10 Å². The molecule has 0 aromatic heterocycles. The zero-order valence-corrected chi connectivity index (χ0v) is 11.9. The molecule has 0 saturated heterocycles. The first-order valence-electron chi connectivity index (χ1n) is 6.43. The van der Waals surface area contributed by atoms with Gasteiger partial charge in [-0.2, -0.15) is 0 Å². The maximum atomic E-state index is 10.1. The third-order valence-corrected chi connectivity index (χ3v) is 3.04. The summed E-state index contributed by atoms with van der Waals surface area (Å²) in [5, 5.41) is 10.1. The van der Waals surface area contributed by atoms with Gasteiger partial charge in [0.2, 0.25) is 0 Å². The normalized spacial score (nSPS) is 18.2. The second-order valence-electron chi connectivity index (χ2n) is 6.43. The van der Waals surface area contributed by atoms with Crippen LogP contribution in [-0.2, 0) is 4.74 Å². The molecule has 3 unspecified atom stereocenters. The minimum Gasteiger partial charge on any atom is -0.393 e. The van der Waals surface area contributed by atoms with Crippen molar-refractivity contribution in [3.8, 4) is 0 Å². The summed E-state index contributed by atoms with van der Waals surface area (Å²) in [5.74, 6) is 0.919. The number of rotatable bonds is 7. The van der Waals surface area contributed by atoms with E-state index in [1.54, 1.807) is 7.11 Å². The molecule has 0 aliphatic heterocycles. The van der Waals surface area contributed by atoms with E-state index in [9.17, 15) is 5.11 Å². The first kappa shape index (κ1) is 15.9. The van der Waals surface area contributed by atoms with E-state index < -0.39 is 0 Å². The summed E-state index contributed by atoms with van der Waals surface area (Å²) >= 11 is 0. The molecule has 0 aromatic carbocycles. The van der Waals surface area contributed by atoms with Crippen molar-refractivity contribution >= 4 is 0 Å². The predicted octanol–water partition coefficient (Wildman–Crippen LogP) is 3.48. The molecule has 0 fully saturated rings. The zero-order chi connectivity index (χ0) is 12.8. The van der Waals surface area contributed by atoms with Gasteiger partial charge < -0.3 is 9.84 Å². The van der Waals surface area contributed by atoms with Crippen LogP contribution in [-0.4, -0.2) is 24.9 Å². The Hall–Kier alpha value is -0.0800. The molecule has 0 bridgehead atoms. The highest BCUT2D eigenvalue weighted by atomic mass is 16.5. The largest absolute Gasteiger partial charge is 0.393 e. The van der Waals surface area contributed by atoms with Crippen molar-refractivity contribution in [2.75, 3.05) is 13.7 Å². The number of aliphatic hydroxyl groups is 1. The fourth-order valence-electron chi connectivity index (χ4n) is 2.27. The van der Waals surface area contributed by atoms with Gasteiger partial charge in [-0.1, -0.05) is 34.6 Å². The number of ether oxygens (including phenoxy) is 1. The lowest BCUT2D eigenvalue weighted by atomic mass is 9.81. The molecule has 0 aromatic rings. The summed E-state index contributed by atoms with van der Waals surface area (Å²) in [4.78, 5) is 0. The Labute approximate surface area is 101 Å².